The van der Waals surface area contributed by atoms with Crippen LogP contribution in [0.3, 0.4) is 0 Å². The van der Waals surface area contributed by atoms with Crippen LogP contribution in [0.1, 0.15) is 43.2 Å². The summed E-state index contributed by atoms with van der Waals surface area (Å²) in [5, 5.41) is 4.06. The Bertz CT molecular complexity index is 976. The quantitative estimate of drug-likeness (QED) is 0.522. The first kappa shape index (κ1) is 20.1. The first-order chi connectivity index (χ1) is 14.6. The van der Waals surface area contributed by atoms with Gasteiger partial charge in [0.15, 0.2) is 0 Å². The largest absolute Gasteiger partial charge is 0.494 e. The van der Waals surface area contributed by atoms with Gasteiger partial charge in [0.2, 0.25) is 17.6 Å². The number of aryl methyl sites for hydroxylation is 2. The normalized spacial score (nSPS) is 13.3. The Morgan fingerprint density at radius 2 is 1.87 bits per heavy atom. The van der Waals surface area contributed by atoms with Crippen molar-refractivity contribution in [2.45, 2.75) is 52.1 Å². The number of ether oxygens (including phenoxy) is 1. The average Bonchev–Trinajstić information content (AvgIpc) is 3.49. The summed E-state index contributed by atoms with van der Waals surface area (Å²) in [6.07, 6.45) is 2.98. The third kappa shape index (κ3) is 5.06. The number of carbonyl (C=O) groups excluding carboxylic acids is 1. The lowest BCUT2D eigenvalue weighted by Gasteiger charge is -2.22. The Balaban J connectivity index is 1.35. The van der Waals surface area contributed by atoms with Crippen LogP contribution >= 0.6 is 0 Å². The molecule has 1 amide bonds. The summed E-state index contributed by atoms with van der Waals surface area (Å²) in [5.41, 5.74) is 3.25. The van der Waals surface area contributed by atoms with E-state index >= 15 is 0 Å². The molecular formula is C24H27N3O3. The van der Waals surface area contributed by atoms with Crippen LogP contribution in [-0.2, 0) is 17.8 Å². The summed E-state index contributed by atoms with van der Waals surface area (Å²) < 4.78 is 10.8. The molecule has 4 rings (SSSR count). The van der Waals surface area contributed by atoms with Gasteiger partial charge in [0.05, 0.1) is 6.61 Å². The Morgan fingerprint density at radius 3 is 2.53 bits per heavy atom. The molecule has 0 bridgehead atoms. The molecule has 30 heavy (non-hydrogen) atoms. The van der Waals surface area contributed by atoms with Crippen LogP contribution in [0.25, 0.3) is 11.4 Å². The average molecular weight is 405 g/mol. The molecule has 156 valence electrons. The zero-order valence-electron chi connectivity index (χ0n) is 17.5. The van der Waals surface area contributed by atoms with E-state index in [2.05, 4.69) is 41.3 Å². The highest BCUT2D eigenvalue weighted by atomic mass is 16.5. The highest BCUT2D eigenvalue weighted by Gasteiger charge is 2.32. The van der Waals surface area contributed by atoms with Crippen LogP contribution in [0.4, 0.5) is 0 Å². The van der Waals surface area contributed by atoms with Crippen molar-refractivity contribution in [3.05, 3.63) is 65.5 Å². The van der Waals surface area contributed by atoms with Gasteiger partial charge in [0, 0.05) is 31.0 Å². The van der Waals surface area contributed by atoms with Crippen LogP contribution in [0.2, 0.25) is 0 Å². The van der Waals surface area contributed by atoms with Crippen molar-refractivity contribution >= 4 is 5.91 Å². The second-order valence-corrected chi connectivity index (χ2v) is 7.71. The van der Waals surface area contributed by atoms with Crippen molar-refractivity contribution in [3.8, 4) is 17.1 Å². The molecule has 0 radical (unpaired) electrons. The number of aromatic nitrogens is 2. The van der Waals surface area contributed by atoms with Gasteiger partial charge in [-0.05, 0) is 56.5 Å². The van der Waals surface area contributed by atoms with Gasteiger partial charge in [-0.25, -0.2) is 0 Å². The summed E-state index contributed by atoms with van der Waals surface area (Å²) in [6.45, 7) is 5.30. The van der Waals surface area contributed by atoms with Crippen LogP contribution < -0.4 is 4.74 Å². The van der Waals surface area contributed by atoms with E-state index in [1.165, 1.54) is 5.56 Å². The maximum Gasteiger partial charge on any atom is 0.227 e. The van der Waals surface area contributed by atoms with E-state index < -0.39 is 0 Å². The first-order valence-electron chi connectivity index (χ1n) is 10.5. The zero-order chi connectivity index (χ0) is 20.9. The van der Waals surface area contributed by atoms with E-state index in [-0.39, 0.29) is 5.91 Å². The number of amides is 1. The van der Waals surface area contributed by atoms with Gasteiger partial charge >= 0.3 is 0 Å². The molecule has 1 saturated carbocycles. The van der Waals surface area contributed by atoms with E-state index in [1.54, 1.807) is 0 Å². The van der Waals surface area contributed by atoms with Crippen LogP contribution in [0.5, 0.6) is 5.75 Å². The second kappa shape index (κ2) is 9.11. The molecule has 6 heteroatoms. The minimum absolute atomic E-state index is 0.138. The lowest BCUT2D eigenvalue weighted by Crippen LogP contribution is -2.32. The predicted molar refractivity (Wildman–Crippen MR) is 114 cm³/mol. The lowest BCUT2D eigenvalue weighted by molar-refractivity contribution is -0.132. The molecule has 0 N–H and O–H groups in total. The molecule has 0 spiro atoms. The highest BCUT2D eigenvalue weighted by molar-refractivity contribution is 5.77. The van der Waals surface area contributed by atoms with Crippen molar-refractivity contribution < 1.29 is 14.1 Å². The molecule has 1 aromatic heterocycles. The zero-order valence-corrected chi connectivity index (χ0v) is 17.5. The molecule has 0 unspecified atom stereocenters. The maximum absolute atomic E-state index is 12.9. The molecule has 1 heterocycles. The lowest BCUT2D eigenvalue weighted by atomic mass is 10.1. The standard InChI is InChI=1S/C24H27N3O3/c1-3-29-21-12-8-19(9-13-21)24-25-22(30-26-24)14-15-23(28)27(20-10-11-20)16-18-6-4-17(2)5-7-18/h4-9,12-13,20H,3,10-11,14-16H2,1-2H3. The van der Waals surface area contributed by atoms with E-state index in [1.807, 2.05) is 36.1 Å². The first-order valence-corrected chi connectivity index (χ1v) is 10.5. The van der Waals surface area contributed by atoms with E-state index in [0.717, 1.165) is 29.7 Å². The molecule has 2 aromatic carbocycles. The number of benzene rings is 2. The minimum atomic E-state index is 0.138. The smallest absolute Gasteiger partial charge is 0.227 e. The van der Waals surface area contributed by atoms with Gasteiger partial charge in [-0.2, -0.15) is 4.98 Å². The fourth-order valence-corrected chi connectivity index (χ4v) is 3.40. The second-order valence-electron chi connectivity index (χ2n) is 7.71. The van der Waals surface area contributed by atoms with Crippen LogP contribution in [-0.4, -0.2) is 33.6 Å². The Hall–Kier alpha value is -3.15. The van der Waals surface area contributed by atoms with Gasteiger partial charge in [0.1, 0.15) is 5.75 Å². The van der Waals surface area contributed by atoms with Crippen molar-refractivity contribution in [2.75, 3.05) is 6.61 Å². The van der Waals surface area contributed by atoms with Gasteiger partial charge in [-0.3, -0.25) is 4.79 Å². The topological polar surface area (TPSA) is 68.5 Å². The van der Waals surface area contributed by atoms with Crippen molar-refractivity contribution in [2.24, 2.45) is 0 Å². The molecule has 0 saturated heterocycles. The number of hydrogen-bond donors (Lipinski definition) is 0. The molecule has 1 fully saturated rings. The molecule has 1 aliphatic carbocycles. The van der Waals surface area contributed by atoms with Gasteiger partial charge in [-0.1, -0.05) is 35.0 Å². The highest BCUT2D eigenvalue weighted by Crippen LogP contribution is 2.29. The number of hydrogen-bond acceptors (Lipinski definition) is 5. The maximum atomic E-state index is 12.9. The Labute approximate surface area is 176 Å². The summed E-state index contributed by atoms with van der Waals surface area (Å²) >= 11 is 0. The molecule has 0 aliphatic heterocycles. The number of nitrogens with zero attached hydrogens (tertiary/aromatic N) is 3. The fourth-order valence-electron chi connectivity index (χ4n) is 3.40. The third-order valence-corrected chi connectivity index (χ3v) is 5.23. The molecule has 1 aliphatic rings. The van der Waals surface area contributed by atoms with E-state index in [0.29, 0.717) is 43.8 Å². The third-order valence-electron chi connectivity index (χ3n) is 5.23. The SMILES string of the molecule is CCOc1ccc(-c2noc(CCC(=O)N(Cc3ccc(C)cc3)C3CC3)n2)cc1. The Kier molecular flexibility index (Phi) is 6.12. The molecule has 3 aromatic rings. The summed E-state index contributed by atoms with van der Waals surface area (Å²) in [6, 6.07) is 16.3. The predicted octanol–water partition coefficient (Wildman–Crippen LogP) is 4.57. The summed E-state index contributed by atoms with van der Waals surface area (Å²) in [4.78, 5) is 19.3. The van der Waals surface area contributed by atoms with Crippen LogP contribution in [0, 0.1) is 6.92 Å². The van der Waals surface area contributed by atoms with Crippen molar-refractivity contribution in [1.29, 1.82) is 0 Å². The molecule has 6 nitrogen and oxygen atoms in total. The molecular weight excluding hydrogens is 378 g/mol. The minimum Gasteiger partial charge on any atom is -0.494 e. The molecule has 0 atom stereocenters. The van der Waals surface area contributed by atoms with Crippen LogP contribution in [0.15, 0.2) is 53.1 Å². The van der Waals surface area contributed by atoms with E-state index in [9.17, 15) is 4.79 Å². The van der Waals surface area contributed by atoms with Crippen molar-refractivity contribution in [1.82, 2.24) is 15.0 Å². The fraction of sp³-hybridized carbons (Fsp3) is 0.375. The van der Waals surface area contributed by atoms with Gasteiger partial charge in [0.25, 0.3) is 0 Å². The summed E-state index contributed by atoms with van der Waals surface area (Å²) in [7, 11) is 0. The van der Waals surface area contributed by atoms with Gasteiger partial charge < -0.3 is 14.2 Å². The summed E-state index contributed by atoms with van der Waals surface area (Å²) in [5.74, 6) is 1.96. The number of carbonyl (C=O) groups is 1. The Morgan fingerprint density at radius 1 is 1.13 bits per heavy atom. The van der Waals surface area contributed by atoms with E-state index in [4.69, 9.17) is 9.26 Å². The van der Waals surface area contributed by atoms with Crippen molar-refractivity contribution in [3.63, 3.8) is 0 Å². The number of rotatable bonds is 9. The monoisotopic (exact) mass is 405 g/mol. The van der Waals surface area contributed by atoms with Gasteiger partial charge in [-0.15, -0.1) is 0 Å².